The van der Waals surface area contributed by atoms with Gasteiger partial charge >= 0.3 is 6.03 Å². The summed E-state index contributed by atoms with van der Waals surface area (Å²) >= 11 is 13.1. The van der Waals surface area contributed by atoms with Crippen molar-refractivity contribution in [2.75, 3.05) is 25.0 Å². The van der Waals surface area contributed by atoms with E-state index in [2.05, 4.69) is 36.9 Å². The van der Waals surface area contributed by atoms with Crippen LogP contribution in [0.2, 0.25) is 10.0 Å². The summed E-state index contributed by atoms with van der Waals surface area (Å²) in [5, 5.41) is 13.1. The Labute approximate surface area is 352 Å². The summed E-state index contributed by atoms with van der Waals surface area (Å²) in [6.45, 7) is 3.53. The molecule has 6 rings (SSSR count). The first-order chi connectivity index (χ1) is 26.6. The molecule has 57 heavy (non-hydrogen) atoms. The van der Waals surface area contributed by atoms with Crippen LogP contribution in [0, 0.1) is 11.6 Å². The lowest BCUT2D eigenvalue weighted by Gasteiger charge is -2.23. The molecule has 6 N–H and O–H groups in total. The third kappa shape index (κ3) is 12.0. The third-order valence-electron chi connectivity index (χ3n) is 9.65. The minimum atomic E-state index is -1.28. The number of hydrogen-bond acceptors (Lipinski definition) is 5. The lowest BCUT2D eigenvalue weighted by Crippen LogP contribution is -2.55. The average molecular weight is 864 g/mol. The van der Waals surface area contributed by atoms with Gasteiger partial charge in [0.15, 0.2) is 11.6 Å². The highest BCUT2D eigenvalue weighted by atomic mass is 35.5. The zero-order chi connectivity index (χ0) is 38.9. The number of benzene rings is 4. The number of nitrogens with two attached hydrogens (primary N) is 1. The molecule has 0 aliphatic carbocycles. The zero-order valence-electron chi connectivity index (χ0n) is 30.9. The minimum Gasteiger partial charge on any atom is -0.350 e. The number of rotatable bonds is 15. The van der Waals surface area contributed by atoms with E-state index < -0.39 is 41.6 Å². The molecule has 2 heterocycles. The number of aromatic nitrogens is 1. The van der Waals surface area contributed by atoms with Crippen molar-refractivity contribution in [3.8, 4) is 0 Å². The van der Waals surface area contributed by atoms with Crippen LogP contribution in [-0.4, -0.2) is 59.0 Å². The molecule has 16 heteroatoms. The van der Waals surface area contributed by atoms with E-state index in [1.54, 1.807) is 24.3 Å². The normalized spacial score (nSPS) is 13.6. The van der Waals surface area contributed by atoms with Gasteiger partial charge in [-0.05, 0) is 92.0 Å². The van der Waals surface area contributed by atoms with Gasteiger partial charge < -0.3 is 31.6 Å². The number of carbonyl (C=O) groups is 3. The molecule has 4 aromatic carbocycles. The fourth-order valence-electron chi connectivity index (χ4n) is 6.79. The average Bonchev–Trinajstić information content (AvgIpc) is 3.81. The number of urea groups is 1. The standard InChI is InChI=1S/C41H43Cl2F2N7O3.2ClH/c42-32-9-6-10-33(43)31(32)25-52-24-28(23-51-17-4-5-18-51)30-13-12-29(21-38(30)52)48-41(55)50-37(20-27-11-14-34(44)35(45)19-27)40(54)49-36(15-16-46)39(53)47-22-26-7-2-1-3-8-26;;/h1-3,6-14,19,21,24,36-37H,4-5,15-18,20,22-23,25,46H2,(H,47,53)(H,49,54)(H2,48,50,55);2*1H. The smallest absolute Gasteiger partial charge is 0.319 e. The molecule has 1 aromatic heterocycles. The summed E-state index contributed by atoms with van der Waals surface area (Å²) < 4.78 is 30.1. The molecule has 2 atom stereocenters. The Balaban J connectivity index is 0.00000360. The van der Waals surface area contributed by atoms with Gasteiger partial charge in [0.1, 0.15) is 12.1 Å². The number of amides is 4. The lowest BCUT2D eigenvalue weighted by molar-refractivity contribution is -0.130. The van der Waals surface area contributed by atoms with Gasteiger partial charge in [-0.3, -0.25) is 14.5 Å². The third-order valence-corrected chi connectivity index (χ3v) is 10.4. The van der Waals surface area contributed by atoms with Crippen molar-refractivity contribution in [1.29, 1.82) is 0 Å². The second kappa shape index (κ2) is 21.4. The molecule has 5 aromatic rings. The van der Waals surface area contributed by atoms with Crippen LogP contribution in [0.1, 0.15) is 41.5 Å². The van der Waals surface area contributed by atoms with E-state index in [4.69, 9.17) is 28.9 Å². The number of likely N-dealkylation sites (tertiary alicyclic amines) is 1. The maximum absolute atomic E-state index is 14.2. The number of hydrogen-bond donors (Lipinski definition) is 5. The Morgan fingerprint density at radius 1 is 0.772 bits per heavy atom. The van der Waals surface area contributed by atoms with E-state index in [0.29, 0.717) is 22.3 Å². The molecule has 4 amide bonds. The van der Waals surface area contributed by atoms with Crippen LogP contribution in [0.25, 0.3) is 10.9 Å². The van der Waals surface area contributed by atoms with Gasteiger partial charge in [0, 0.05) is 52.4 Å². The van der Waals surface area contributed by atoms with Crippen LogP contribution in [0.4, 0.5) is 19.3 Å². The predicted molar refractivity (Wildman–Crippen MR) is 226 cm³/mol. The Bertz CT molecular complexity index is 2130. The number of anilines is 1. The van der Waals surface area contributed by atoms with Crippen molar-refractivity contribution in [3.05, 3.63) is 135 Å². The van der Waals surface area contributed by atoms with Crippen molar-refractivity contribution < 1.29 is 23.2 Å². The topological polar surface area (TPSA) is 134 Å². The Morgan fingerprint density at radius 3 is 2.18 bits per heavy atom. The van der Waals surface area contributed by atoms with Gasteiger partial charge in [0.25, 0.3) is 0 Å². The first kappa shape index (κ1) is 45.3. The van der Waals surface area contributed by atoms with E-state index in [1.807, 2.05) is 42.5 Å². The van der Waals surface area contributed by atoms with Crippen molar-refractivity contribution in [1.82, 2.24) is 25.4 Å². The Hall–Kier alpha value is -4.43. The van der Waals surface area contributed by atoms with Crippen molar-refractivity contribution in [2.24, 2.45) is 5.73 Å². The van der Waals surface area contributed by atoms with E-state index in [1.165, 1.54) is 6.07 Å². The predicted octanol–water partition coefficient (Wildman–Crippen LogP) is 7.60. The van der Waals surface area contributed by atoms with E-state index in [9.17, 15) is 23.2 Å². The molecular weight excluding hydrogens is 818 g/mol. The van der Waals surface area contributed by atoms with Crippen LogP contribution >= 0.6 is 48.0 Å². The molecule has 0 saturated carbocycles. The highest BCUT2D eigenvalue weighted by Gasteiger charge is 2.27. The molecular formula is C41H45Cl4F2N7O3. The van der Waals surface area contributed by atoms with Gasteiger partial charge in [-0.1, -0.05) is 71.7 Å². The summed E-state index contributed by atoms with van der Waals surface area (Å²) in [6.07, 6.45) is 4.32. The molecule has 0 spiro atoms. The SMILES string of the molecule is Cl.Cl.NCCC(NC(=O)C(Cc1ccc(F)c(F)c1)NC(=O)Nc1ccc2c(CN3CCCC3)cn(Cc3c(Cl)cccc3Cl)c2c1)C(=O)NCc1ccccc1. The number of carbonyl (C=O) groups excluding carboxylic acids is 3. The monoisotopic (exact) mass is 861 g/mol. The summed E-state index contributed by atoms with van der Waals surface area (Å²) in [5.41, 5.74) is 10.1. The van der Waals surface area contributed by atoms with Crippen LogP contribution in [-0.2, 0) is 35.6 Å². The van der Waals surface area contributed by atoms with Gasteiger partial charge in [-0.15, -0.1) is 24.8 Å². The van der Waals surface area contributed by atoms with Crippen molar-refractivity contribution >= 4 is 82.5 Å². The minimum absolute atomic E-state index is 0. The summed E-state index contributed by atoms with van der Waals surface area (Å²) in [7, 11) is 0. The van der Waals surface area contributed by atoms with Crippen LogP contribution in [0.5, 0.6) is 0 Å². The number of halogens is 6. The van der Waals surface area contributed by atoms with Crippen molar-refractivity contribution in [2.45, 2.75) is 57.4 Å². The lowest BCUT2D eigenvalue weighted by atomic mass is 10.0. The highest BCUT2D eigenvalue weighted by molar-refractivity contribution is 6.36. The summed E-state index contributed by atoms with van der Waals surface area (Å²) in [4.78, 5) is 42.9. The maximum Gasteiger partial charge on any atom is 0.319 e. The number of nitrogens with zero attached hydrogens (tertiary/aromatic N) is 2. The second-order valence-electron chi connectivity index (χ2n) is 13.6. The molecule has 1 aliphatic heterocycles. The molecule has 1 saturated heterocycles. The number of fused-ring (bicyclic) bond motifs is 1. The van der Waals surface area contributed by atoms with Gasteiger partial charge in [0.05, 0.1) is 12.1 Å². The molecule has 0 radical (unpaired) electrons. The van der Waals surface area contributed by atoms with Crippen LogP contribution in [0.3, 0.4) is 0 Å². The van der Waals surface area contributed by atoms with Crippen molar-refractivity contribution in [3.63, 3.8) is 0 Å². The van der Waals surface area contributed by atoms with Crippen LogP contribution in [0.15, 0.2) is 91.1 Å². The summed E-state index contributed by atoms with van der Waals surface area (Å²) in [5.74, 6) is -3.31. The van der Waals surface area contributed by atoms with E-state index in [-0.39, 0.29) is 56.3 Å². The van der Waals surface area contributed by atoms with Crippen LogP contribution < -0.4 is 27.0 Å². The first-order valence-corrected chi connectivity index (χ1v) is 18.9. The molecule has 304 valence electrons. The summed E-state index contributed by atoms with van der Waals surface area (Å²) in [6, 6.07) is 20.4. The van der Waals surface area contributed by atoms with E-state index in [0.717, 1.165) is 72.2 Å². The molecule has 1 fully saturated rings. The molecule has 10 nitrogen and oxygen atoms in total. The van der Waals surface area contributed by atoms with Gasteiger partial charge in [-0.25, -0.2) is 13.6 Å². The zero-order valence-corrected chi connectivity index (χ0v) is 34.1. The second-order valence-corrected chi connectivity index (χ2v) is 14.5. The van der Waals surface area contributed by atoms with Gasteiger partial charge in [-0.2, -0.15) is 0 Å². The van der Waals surface area contributed by atoms with E-state index >= 15 is 0 Å². The molecule has 1 aliphatic rings. The maximum atomic E-state index is 14.2. The fourth-order valence-corrected chi connectivity index (χ4v) is 7.31. The Morgan fingerprint density at radius 2 is 1.49 bits per heavy atom. The van der Waals surface area contributed by atoms with Gasteiger partial charge in [0.2, 0.25) is 11.8 Å². The Kier molecular flexibility index (Phi) is 17.0. The fraction of sp³-hybridized carbons (Fsp3) is 0.293. The molecule has 2 unspecified atom stereocenters. The quantitative estimate of drug-likeness (QED) is 0.0740. The highest BCUT2D eigenvalue weighted by Crippen LogP contribution is 2.31. The molecule has 0 bridgehead atoms. The largest absolute Gasteiger partial charge is 0.350 e. The number of nitrogens with one attached hydrogen (secondary N) is 4. The first-order valence-electron chi connectivity index (χ1n) is 18.2.